The minimum absolute atomic E-state index is 0.0221. The third-order valence-electron chi connectivity index (χ3n) is 4.13. The van der Waals surface area contributed by atoms with E-state index >= 15 is 0 Å². The highest BCUT2D eigenvalue weighted by molar-refractivity contribution is 7.89. The molecule has 0 aliphatic heterocycles. The van der Waals surface area contributed by atoms with Gasteiger partial charge in [-0.1, -0.05) is 6.42 Å². The average Bonchev–Trinajstić information content (AvgIpc) is 2.79. The molecule has 118 valence electrons. The molecule has 7 heteroatoms. The van der Waals surface area contributed by atoms with Crippen LogP contribution in [0.4, 0.5) is 10.1 Å². The van der Waals surface area contributed by atoms with Gasteiger partial charge >= 0.3 is 0 Å². The number of halogens is 1. The van der Waals surface area contributed by atoms with Crippen LogP contribution in [0.3, 0.4) is 0 Å². The van der Waals surface area contributed by atoms with Crippen LogP contribution in [0.2, 0.25) is 0 Å². The van der Waals surface area contributed by atoms with E-state index in [2.05, 4.69) is 4.72 Å². The molecule has 1 aromatic rings. The maximum atomic E-state index is 13.5. The zero-order valence-corrected chi connectivity index (χ0v) is 13.0. The van der Waals surface area contributed by atoms with E-state index in [-0.39, 0.29) is 28.6 Å². The van der Waals surface area contributed by atoms with E-state index < -0.39 is 21.9 Å². The summed E-state index contributed by atoms with van der Waals surface area (Å²) in [6.45, 7) is 3.21. The Hall–Kier alpha value is -1.18. The number of aryl methyl sites for hydroxylation is 1. The van der Waals surface area contributed by atoms with E-state index in [1.54, 1.807) is 0 Å². The Morgan fingerprint density at radius 2 is 2.10 bits per heavy atom. The zero-order valence-electron chi connectivity index (χ0n) is 12.2. The predicted molar refractivity (Wildman–Crippen MR) is 78.8 cm³/mol. The van der Waals surface area contributed by atoms with Crippen LogP contribution in [0.5, 0.6) is 0 Å². The number of anilines is 1. The monoisotopic (exact) mass is 316 g/mol. The highest BCUT2D eigenvalue weighted by atomic mass is 32.2. The summed E-state index contributed by atoms with van der Waals surface area (Å²) in [6.07, 6.45) is 1.93. The molecule has 1 saturated carbocycles. The Morgan fingerprint density at radius 3 is 2.67 bits per heavy atom. The van der Waals surface area contributed by atoms with Crippen LogP contribution in [0, 0.1) is 25.6 Å². The average molecular weight is 316 g/mol. The second-order valence-electron chi connectivity index (χ2n) is 5.65. The van der Waals surface area contributed by atoms with Crippen molar-refractivity contribution in [2.24, 2.45) is 5.92 Å². The van der Waals surface area contributed by atoms with E-state index in [0.29, 0.717) is 12.0 Å². The fraction of sp³-hybridized carbons (Fsp3) is 0.571. The van der Waals surface area contributed by atoms with Crippen molar-refractivity contribution < 1.29 is 17.9 Å². The summed E-state index contributed by atoms with van der Waals surface area (Å²) in [5.41, 5.74) is 5.96. The topological polar surface area (TPSA) is 92.4 Å². The van der Waals surface area contributed by atoms with Crippen molar-refractivity contribution in [3.05, 3.63) is 23.0 Å². The van der Waals surface area contributed by atoms with Gasteiger partial charge in [-0.15, -0.1) is 0 Å². The second kappa shape index (κ2) is 5.90. The van der Waals surface area contributed by atoms with Crippen LogP contribution < -0.4 is 10.5 Å². The first-order valence-electron chi connectivity index (χ1n) is 6.97. The van der Waals surface area contributed by atoms with Gasteiger partial charge in [-0.3, -0.25) is 0 Å². The van der Waals surface area contributed by atoms with Crippen LogP contribution in [-0.4, -0.2) is 26.2 Å². The summed E-state index contributed by atoms with van der Waals surface area (Å²) in [5, 5.41) is 9.74. The second-order valence-corrected chi connectivity index (χ2v) is 7.36. The SMILES string of the molecule is Cc1cc(F)c(N)c(C)c1S(=O)(=O)NCC1CCCC1O. The third kappa shape index (κ3) is 3.20. The molecule has 0 amide bonds. The molecule has 1 aliphatic rings. The van der Waals surface area contributed by atoms with Crippen molar-refractivity contribution in [1.82, 2.24) is 4.72 Å². The minimum atomic E-state index is -3.78. The highest BCUT2D eigenvalue weighted by Crippen LogP contribution is 2.29. The van der Waals surface area contributed by atoms with E-state index in [0.717, 1.165) is 18.9 Å². The summed E-state index contributed by atoms with van der Waals surface area (Å²) >= 11 is 0. The number of aliphatic hydroxyl groups excluding tert-OH is 1. The number of nitrogen functional groups attached to an aromatic ring is 1. The van der Waals surface area contributed by atoms with Gasteiger partial charge in [0, 0.05) is 6.54 Å². The molecule has 0 saturated heterocycles. The highest BCUT2D eigenvalue weighted by Gasteiger charge is 2.28. The van der Waals surface area contributed by atoms with Gasteiger partial charge in [0.1, 0.15) is 5.82 Å². The summed E-state index contributed by atoms with van der Waals surface area (Å²) < 4.78 is 40.9. The molecule has 0 heterocycles. The standard InChI is InChI=1S/C14H21FN2O3S/c1-8-6-11(15)13(16)9(2)14(8)21(19,20)17-7-10-4-3-5-12(10)18/h6,10,12,17-18H,3-5,7,16H2,1-2H3. The maximum absolute atomic E-state index is 13.5. The van der Waals surface area contributed by atoms with Crippen LogP contribution in [-0.2, 0) is 10.0 Å². The molecule has 0 aromatic heterocycles. The van der Waals surface area contributed by atoms with Crippen LogP contribution in [0.15, 0.2) is 11.0 Å². The number of hydrogen-bond acceptors (Lipinski definition) is 4. The summed E-state index contributed by atoms with van der Waals surface area (Å²) in [5.74, 6) is -0.687. The Bertz CT molecular complexity index is 646. The molecule has 0 spiro atoms. The minimum Gasteiger partial charge on any atom is -0.396 e. The lowest BCUT2D eigenvalue weighted by Crippen LogP contribution is -2.33. The first-order chi connectivity index (χ1) is 9.74. The first kappa shape index (κ1) is 16.2. The molecule has 4 N–H and O–H groups in total. The van der Waals surface area contributed by atoms with Crippen LogP contribution >= 0.6 is 0 Å². The quantitative estimate of drug-likeness (QED) is 0.733. The smallest absolute Gasteiger partial charge is 0.241 e. The fourth-order valence-electron chi connectivity index (χ4n) is 2.89. The van der Waals surface area contributed by atoms with Gasteiger partial charge < -0.3 is 10.8 Å². The molecular formula is C14H21FN2O3S. The molecule has 5 nitrogen and oxygen atoms in total. The van der Waals surface area contributed by atoms with Gasteiger partial charge in [0.25, 0.3) is 0 Å². The van der Waals surface area contributed by atoms with Gasteiger partial charge in [0.15, 0.2) is 0 Å². The van der Waals surface area contributed by atoms with E-state index in [1.165, 1.54) is 13.8 Å². The van der Waals surface area contributed by atoms with Crippen molar-refractivity contribution in [2.45, 2.75) is 44.1 Å². The van der Waals surface area contributed by atoms with Gasteiger partial charge in [-0.25, -0.2) is 17.5 Å². The van der Waals surface area contributed by atoms with E-state index in [9.17, 15) is 17.9 Å². The number of hydrogen-bond donors (Lipinski definition) is 3. The summed E-state index contributed by atoms with van der Waals surface area (Å²) in [4.78, 5) is 0.0221. The van der Waals surface area contributed by atoms with Crippen molar-refractivity contribution in [2.75, 3.05) is 12.3 Å². The van der Waals surface area contributed by atoms with Crippen LogP contribution in [0.25, 0.3) is 0 Å². The molecule has 0 bridgehead atoms. The molecule has 2 unspecified atom stereocenters. The predicted octanol–water partition coefficient (Wildman–Crippen LogP) is 1.46. The Balaban J connectivity index is 2.26. The molecule has 2 atom stereocenters. The van der Waals surface area contributed by atoms with Crippen molar-refractivity contribution >= 4 is 15.7 Å². The lowest BCUT2D eigenvalue weighted by atomic mass is 10.1. The normalized spacial score (nSPS) is 22.7. The van der Waals surface area contributed by atoms with E-state index in [1.807, 2.05) is 0 Å². The largest absolute Gasteiger partial charge is 0.396 e. The Morgan fingerprint density at radius 1 is 1.43 bits per heavy atom. The molecule has 1 aliphatic carbocycles. The Kier molecular flexibility index (Phi) is 4.55. The third-order valence-corrected chi connectivity index (χ3v) is 5.84. The molecule has 1 aromatic carbocycles. The summed E-state index contributed by atoms with van der Waals surface area (Å²) in [6, 6.07) is 1.13. The molecular weight excluding hydrogens is 295 g/mol. The molecule has 0 radical (unpaired) electrons. The zero-order chi connectivity index (χ0) is 15.8. The van der Waals surface area contributed by atoms with Gasteiger partial charge in [-0.2, -0.15) is 0 Å². The first-order valence-corrected chi connectivity index (χ1v) is 8.45. The number of nitrogens with one attached hydrogen (secondary N) is 1. The summed E-state index contributed by atoms with van der Waals surface area (Å²) in [7, 11) is -3.78. The molecule has 21 heavy (non-hydrogen) atoms. The number of rotatable bonds is 4. The molecule has 1 fully saturated rings. The van der Waals surface area contributed by atoms with Gasteiger partial charge in [0.2, 0.25) is 10.0 Å². The van der Waals surface area contributed by atoms with Gasteiger partial charge in [-0.05, 0) is 49.8 Å². The Labute approximate surface area is 124 Å². The van der Waals surface area contributed by atoms with Crippen LogP contribution in [0.1, 0.15) is 30.4 Å². The number of sulfonamides is 1. The number of nitrogens with two attached hydrogens (primary N) is 1. The number of benzene rings is 1. The number of aliphatic hydroxyl groups is 1. The lowest BCUT2D eigenvalue weighted by Gasteiger charge is -2.18. The van der Waals surface area contributed by atoms with Crippen molar-refractivity contribution in [1.29, 1.82) is 0 Å². The van der Waals surface area contributed by atoms with Gasteiger partial charge in [0.05, 0.1) is 16.7 Å². The molecule has 2 rings (SSSR count). The van der Waals surface area contributed by atoms with Crippen molar-refractivity contribution in [3.63, 3.8) is 0 Å². The van der Waals surface area contributed by atoms with E-state index in [4.69, 9.17) is 5.73 Å². The lowest BCUT2D eigenvalue weighted by molar-refractivity contribution is 0.134. The fourth-order valence-corrected chi connectivity index (χ4v) is 4.46. The van der Waals surface area contributed by atoms with Crippen molar-refractivity contribution in [3.8, 4) is 0 Å². The maximum Gasteiger partial charge on any atom is 0.241 e.